The fraction of sp³-hybridized carbons (Fsp3) is 0.900. The Morgan fingerprint density at radius 2 is 2.00 bits per heavy atom. The molecule has 0 aromatic heterocycles. The van der Waals surface area contributed by atoms with Crippen LogP contribution in [0.3, 0.4) is 0 Å². The molecule has 1 saturated heterocycles. The number of rotatable bonds is 7. The number of carboxylic acid groups (broad SMARTS) is 1. The van der Waals surface area contributed by atoms with Crippen LogP contribution in [0, 0.1) is 0 Å². The maximum Gasteiger partial charge on any atom is 0.304 e. The number of aliphatic carboxylic acids is 1. The summed E-state index contributed by atoms with van der Waals surface area (Å²) in [7, 11) is -2.52. The van der Waals surface area contributed by atoms with Gasteiger partial charge in [0.05, 0.1) is 18.6 Å². The molecule has 0 aromatic rings. The van der Waals surface area contributed by atoms with Gasteiger partial charge in [0.2, 0.25) is 0 Å². The van der Waals surface area contributed by atoms with E-state index in [1.54, 1.807) is 0 Å². The smallest absolute Gasteiger partial charge is 0.304 e. The first kappa shape index (κ1) is 16.3. The molecular weight excluding hydrogens is 276 g/mol. The van der Waals surface area contributed by atoms with Crippen LogP contribution in [0.2, 0.25) is 0 Å². The number of carboxylic acids is 1. The van der Waals surface area contributed by atoms with E-state index in [1.807, 2.05) is 0 Å². The summed E-state index contributed by atoms with van der Waals surface area (Å²) in [6.07, 6.45) is 0.498. The van der Waals surface area contributed by atoms with Crippen molar-refractivity contribution < 1.29 is 28.2 Å². The van der Waals surface area contributed by atoms with Crippen LogP contribution in [0.25, 0.3) is 0 Å². The molecule has 1 fully saturated rings. The van der Waals surface area contributed by atoms with Gasteiger partial charge >= 0.3 is 5.97 Å². The Bertz CT molecular complexity index is 404. The molecule has 3 N–H and O–H groups in total. The summed E-state index contributed by atoms with van der Waals surface area (Å²) < 4.78 is 32.6. The number of aliphatic hydroxyl groups excluding tert-OH is 1. The molecule has 0 bridgehead atoms. The van der Waals surface area contributed by atoms with Gasteiger partial charge in [0.15, 0.2) is 0 Å². The second-order valence-electron chi connectivity index (χ2n) is 4.62. The number of carbonyl (C=O) groups is 1. The van der Waals surface area contributed by atoms with Crippen molar-refractivity contribution in [1.29, 1.82) is 0 Å². The SMILES string of the molecule is CN(CCC(=O)O)S(=O)(=O)NC1(CO)CCOCC1. The minimum absolute atomic E-state index is 0.122. The van der Waals surface area contributed by atoms with Crippen LogP contribution in [0.15, 0.2) is 0 Å². The van der Waals surface area contributed by atoms with Crippen molar-refractivity contribution in [3.8, 4) is 0 Å². The molecule has 9 heteroatoms. The number of nitrogens with zero attached hydrogens (tertiary/aromatic N) is 1. The van der Waals surface area contributed by atoms with Crippen molar-refractivity contribution in [2.45, 2.75) is 24.8 Å². The number of hydrogen-bond acceptors (Lipinski definition) is 5. The largest absolute Gasteiger partial charge is 0.481 e. The maximum atomic E-state index is 12.0. The lowest BCUT2D eigenvalue weighted by Gasteiger charge is -2.37. The van der Waals surface area contributed by atoms with Crippen molar-refractivity contribution in [1.82, 2.24) is 9.03 Å². The number of nitrogens with one attached hydrogen (secondary N) is 1. The molecule has 0 amide bonds. The highest BCUT2D eigenvalue weighted by molar-refractivity contribution is 7.87. The molecule has 0 saturated carbocycles. The lowest BCUT2D eigenvalue weighted by atomic mass is 9.93. The van der Waals surface area contributed by atoms with Gasteiger partial charge in [0.25, 0.3) is 10.2 Å². The Kier molecular flexibility index (Phi) is 5.68. The second-order valence-corrected chi connectivity index (χ2v) is 6.40. The van der Waals surface area contributed by atoms with Gasteiger partial charge in [-0.25, -0.2) is 0 Å². The number of hydrogen-bond donors (Lipinski definition) is 3. The molecule has 0 atom stereocenters. The topological polar surface area (TPSA) is 116 Å². The molecule has 0 aromatic carbocycles. The standard InChI is InChI=1S/C10H20N2O6S/c1-12(5-2-9(14)15)19(16,17)11-10(8-13)3-6-18-7-4-10/h11,13H,2-8H2,1H3,(H,14,15). The summed E-state index contributed by atoms with van der Waals surface area (Å²) >= 11 is 0. The highest BCUT2D eigenvalue weighted by Crippen LogP contribution is 2.21. The van der Waals surface area contributed by atoms with Gasteiger partial charge < -0.3 is 14.9 Å². The first-order valence-corrected chi connectivity index (χ1v) is 7.41. The molecule has 0 spiro atoms. The molecule has 1 aliphatic rings. The molecule has 112 valence electrons. The normalized spacial score (nSPS) is 19.5. The van der Waals surface area contributed by atoms with Crippen LogP contribution in [-0.4, -0.2) is 67.9 Å². The van der Waals surface area contributed by atoms with Crippen molar-refractivity contribution in [2.24, 2.45) is 0 Å². The molecule has 0 unspecified atom stereocenters. The Morgan fingerprint density at radius 1 is 1.42 bits per heavy atom. The van der Waals surface area contributed by atoms with Crippen LogP contribution in [0.1, 0.15) is 19.3 Å². The molecule has 1 aliphatic heterocycles. The summed E-state index contributed by atoms with van der Waals surface area (Å²) in [6, 6.07) is 0. The van der Waals surface area contributed by atoms with E-state index >= 15 is 0 Å². The van der Waals surface area contributed by atoms with Crippen molar-refractivity contribution in [3.63, 3.8) is 0 Å². The summed E-state index contributed by atoms with van der Waals surface area (Å²) in [6.45, 7) is 0.314. The fourth-order valence-electron chi connectivity index (χ4n) is 1.78. The molecular formula is C10H20N2O6S. The maximum absolute atomic E-state index is 12.0. The van der Waals surface area contributed by atoms with Gasteiger partial charge in [-0.05, 0) is 12.8 Å². The van der Waals surface area contributed by atoms with Crippen LogP contribution in [0.5, 0.6) is 0 Å². The molecule has 8 nitrogen and oxygen atoms in total. The lowest BCUT2D eigenvalue weighted by Crippen LogP contribution is -2.57. The third-order valence-electron chi connectivity index (χ3n) is 3.15. The Labute approximate surface area is 112 Å². The van der Waals surface area contributed by atoms with Gasteiger partial charge in [-0.1, -0.05) is 0 Å². The van der Waals surface area contributed by atoms with E-state index in [0.717, 1.165) is 4.31 Å². The van der Waals surface area contributed by atoms with Gasteiger partial charge in [-0.15, -0.1) is 0 Å². The van der Waals surface area contributed by atoms with Crippen molar-refractivity contribution in [2.75, 3.05) is 33.4 Å². The van der Waals surface area contributed by atoms with E-state index in [1.165, 1.54) is 7.05 Å². The minimum atomic E-state index is -3.82. The highest BCUT2D eigenvalue weighted by Gasteiger charge is 2.37. The quantitative estimate of drug-likeness (QED) is 0.541. The van der Waals surface area contributed by atoms with Crippen molar-refractivity contribution in [3.05, 3.63) is 0 Å². The van der Waals surface area contributed by atoms with Crippen LogP contribution in [-0.2, 0) is 19.7 Å². The predicted octanol–water partition coefficient (Wildman–Crippen LogP) is -1.23. The number of ether oxygens (including phenoxy) is 1. The van der Waals surface area contributed by atoms with E-state index in [-0.39, 0.29) is 19.6 Å². The number of aliphatic hydroxyl groups is 1. The fourth-order valence-corrected chi connectivity index (χ4v) is 3.08. The van der Waals surface area contributed by atoms with Crippen molar-refractivity contribution >= 4 is 16.2 Å². The van der Waals surface area contributed by atoms with Crippen LogP contribution >= 0.6 is 0 Å². The van der Waals surface area contributed by atoms with E-state index in [2.05, 4.69) is 4.72 Å². The Hall–Kier alpha value is -0.740. The van der Waals surface area contributed by atoms with E-state index in [9.17, 15) is 18.3 Å². The van der Waals surface area contributed by atoms with Gasteiger partial charge in [0.1, 0.15) is 0 Å². The second kappa shape index (κ2) is 6.62. The van der Waals surface area contributed by atoms with Gasteiger partial charge in [0, 0.05) is 26.8 Å². The summed E-state index contributed by atoms with van der Waals surface area (Å²) in [5.41, 5.74) is -0.922. The van der Waals surface area contributed by atoms with E-state index in [0.29, 0.717) is 26.1 Å². The predicted molar refractivity (Wildman–Crippen MR) is 66.8 cm³/mol. The third-order valence-corrected chi connectivity index (χ3v) is 4.84. The van der Waals surface area contributed by atoms with Crippen LogP contribution in [0.4, 0.5) is 0 Å². The Balaban J connectivity index is 2.68. The van der Waals surface area contributed by atoms with E-state index < -0.39 is 21.7 Å². The van der Waals surface area contributed by atoms with Crippen LogP contribution < -0.4 is 4.72 Å². The Morgan fingerprint density at radius 3 is 2.47 bits per heavy atom. The highest BCUT2D eigenvalue weighted by atomic mass is 32.2. The summed E-state index contributed by atoms with van der Waals surface area (Å²) in [5.74, 6) is -1.06. The third kappa shape index (κ3) is 4.69. The van der Waals surface area contributed by atoms with Gasteiger partial charge in [-0.2, -0.15) is 17.4 Å². The zero-order chi connectivity index (χ0) is 14.5. The molecule has 1 heterocycles. The van der Waals surface area contributed by atoms with E-state index in [4.69, 9.17) is 9.84 Å². The monoisotopic (exact) mass is 296 g/mol. The molecule has 0 radical (unpaired) electrons. The van der Waals surface area contributed by atoms with Gasteiger partial charge in [-0.3, -0.25) is 4.79 Å². The summed E-state index contributed by atoms with van der Waals surface area (Å²) in [5, 5.41) is 18.0. The minimum Gasteiger partial charge on any atom is -0.481 e. The first-order valence-electron chi connectivity index (χ1n) is 5.97. The molecule has 0 aliphatic carbocycles. The first-order chi connectivity index (χ1) is 8.81. The molecule has 1 rings (SSSR count). The summed E-state index contributed by atoms with van der Waals surface area (Å²) in [4.78, 5) is 10.4. The lowest BCUT2D eigenvalue weighted by molar-refractivity contribution is -0.137. The zero-order valence-electron chi connectivity index (χ0n) is 10.8. The average molecular weight is 296 g/mol. The average Bonchev–Trinajstić information content (AvgIpc) is 2.36. The zero-order valence-corrected chi connectivity index (χ0v) is 11.6. The molecule has 19 heavy (non-hydrogen) atoms.